The number of hydrogen-bond donors (Lipinski definition) is 5. The minimum absolute atomic E-state index is 0.0476. The largest absolute Gasteiger partial charge is 0.506 e. The summed E-state index contributed by atoms with van der Waals surface area (Å²) in [6.07, 6.45) is 1.08. The van der Waals surface area contributed by atoms with Gasteiger partial charge in [0.05, 0.1) is 40.5 Å². The average Bonchev–Trinajstić information content (AvgIpc) is 2.88. The number of phenolic OH excluding ortho intramolecular Hbond substituents is 1. The van der Waals surface area contributed by atoms with Crippen LogP contribution in [0.1, 0.15) is 30.1 Å². The lowest BCUT2D eigenvalue weighted by Gasteiger charge is -2.38. The van der Waals surface area contributed by atoms with Crippen LogP contribution in [-0.2, 0) is 11.2 Å². The van der Waals surface area contributed by atoms with Gasteiger partial charge in [-0.1, -0.05) is 41.4 Å². The summed E-state index contributed by atoms with van der Waals surface area (Å²) in [7, 11) is 0. The minimum Gasteiger partial charge on any atom is -0.506 e. The van der Waals surface area contributed by atoms with E-state index in [0.717, 1.165) is 25.2 Å². The number of nitrogens with zero attached hydrogens (tertiary/aromatic N) is 1. The molecule has 5 N–H and O–H groups in total. The first-order chi connectivity index (χ1) is 17.8. The molecule has 1 fully saturated rings. The van der Waals surface area contributed by atoms with Crippen LogP contribution < -0.4 is 10.9 Å². The Kier molecular flexibility index (Phi) is 9.47. The zero-order chi connectivity index (χ0) is 26.4. The SMILES string of the molecule is O=c1ccc2c(C(O)CNCC3(O)CCN(CCOCCc4cccc(Cl)c4Cl)CC3)ccc(O)c2[nH]1. The molecule has 0 amide bonds. The molecule has 3 aromatic rings. The van der Waals surface area contributed by atoms with Crippen molar-refractivity contribution in [3.05, 3.63) is 74.0 Å². The van der Waals surface area contributed by atoms with E-state index < -0.39 is 11.7 Å². The number of halogens is 2. The van der Waals surface area contributed by atoms with Crippen molar-refractivity contribution in [2.45, 2.75) is 31.0 Å². The predicted molar refractivity (Wildman–Crippen MR) is 146 cm³/mol. The molecule has 1 aliphatic rings. The standard InChI is InChI=1S/C27H33Cl2N3O5/c28-21-3-1-2-18(25(21)29)8-14-37-15-13-32-11-9-27(36,10-12-32)17-30-16-23(34)19-4-6-22(33)26-20(19)5-7-24(35)31-26/h1-7,23,30,33-34,36H,8-17H2,(H,31,35). The molecule has 1 saturated heterocycles. The van der Waals surface area contributed by atoms with Gasteiger partial charge in [-0.25, -0.2) is 0 Å². The van der Waals surface area contributed by atoms with E-state index in [-0.39, 0.29) is 17.9 Å². The highest BCUT2D eigenvalue weighted by Crippen LogP contribution is 2.29. The van der Waals surface area contributed by atoms with E-state index in [1.165, 1.54) is 12.1 Å². The number of aromatic amines is 1. The van der Waals surface area contributed by atoms with Gasteiger partial charge in [0.25, 0.3) is 0 Å². The number of aliphatic hydroxyl groups is 2. The van der Waals surface area contributed by atoms with Gasteiger partial charge < -0.3 is 35.3 Å². The monoisotopic (exact) mass is 549 g/mol. The molecule has 200 valence electrons. The molecule has 0 saturated carbocycles. The highest BCUT2D eigenvalue weighted by atomic mass is 35.5. The third-order valence-corrected chi connectivity index (χ3v) is 7.80. The lowest BCUT2D eigenvalue weighted by Crippen LogP contribution is -2.50. The van der Waals surface area contributed by atoms with Gasteiger partial charge in [-0.15, -0.1) is 0 Å². The fourth-order valence-electron chi connectivity index (χ4n) is 4.69. The number of pyridine rings is 1. The Labute approximate surface area is 225 Å². The van der Waals surface area contributed by atoms with Gasteiger partial charge in [-0.3, -0.25) is 4.79 Å². The molecule has 4 rings (SSSR count). The van der Waals surface area contributed by atoms with Crippen LogP contribution >= 0.6 is 23.2 Å². The van der Waals surface area contributed by atoms with Gasteiger partial charge in [0.1, 0.15) is 5.75 Å². The number of ether oxygens (including phenoxy) is 1. The number of rotatable bonds is 11. The Balaban J connectivity index is 1.16. The molecule has 2 heterocycles. The first kappa shape index (κ1) is 27.9. The molecule has 0 bridgehead atoms. The van der Waals surface area contributed by atoms with Crippen LogP contribution in [-0.4, -0.2) is 76.7 Å². The van der Waals surface area contributed by atoms with Crippen molar-refractivity contribution >= 4 is 34.1 Å². The van der Waals surface area contributed by atoms with Crippen LogP contribution in [0.4, 0.5) is 0 Å². The summed E-state index contributed by atoms with van der Waals surface area (Å²) < 4.78 is 5.78. The summed E-state index contributed by atoms with van der Waals surface area (Å²) in [5, 5.41) is 36.6. The first-order valence-corrected chi connectivity index (χ1v) is 13.2. The van der Waals surface area contributed by atoms with Crippen molar-refractivity contribution in [3.8, 4) is 5.75 Å². The normalized spacial score (nSPS) is 16.8. The van der Waals surface area contributed by atoms with Crippen LogP contribution in [0.25, 0.3) is 10.9 Å². The maximum Gasteiger partial charge on any atom is 0.248 e. The molecule has 37 heavy (non-hydrogen) atoms. The van der Waals surface area contributed by atoms with Crippen LogP contribution in [0.5, 0.6) is 5.75 Å². The number of likely N-dealkylation sites (tertiary alicyclic amines) is 1. The van der Waals surface area contributed by atoms with Crippen molar-refractivity contribution in [3.63, 3.8) is 0 Å². The third kappa shape index (κ3) is 7.23. The Morgan fingerprint density at radius 3 is 2.68 bits per heavy atom. The number of aromatic nitrogens is 1. The Bertz CT molecular complexity index is 1260. The molecule has 0 spiro atoms. The average molecular weight is 550 g/mol. The number of benzene rings is 2. The summed E-state index contributed by atoms with van der Waals surface area (Å²) in [4.78, 5) is 16.5. The maximum atomic E-state index is 11.6. The molecule has 0 aliphatic carbocycles. The van der Waals surface area contributed by atoms with Crippen LogP contribution in [0.15, 0.2) is 47.3 Å². The summed E-state index contributed by atoms with van der Waals surface area (Å²) in [5.41, 5.74) is 0.699. The number of fused-ring (bicyclic) bond motifs is 1. The molecule has 10 heteroatoms. The second-order valence-electron chi connectivity index (χ2n) is 9.57. The van der Waals surface area contributed by atoms with E-state index in [9.17, 15) is 20.1 Å². The molecular formula is C27H33Cl2N3O5. The molecule has 1 unspecified atom stereocenters. The van der Waals surface area contributed by atoms with Crippen LogP contribution in [0.3, 0.4) is 0 Å². The lowest BCUT2D eigenvalue weighted by molar-refractivity contribution is -0.0266. The smallest absolute Gasteiger partial charge is 0.248 e. The van der Waals surface area contributed by atoms with E-state index in [1.807, 2.05) is 12.1 Å². The van der Waals surface area contributed by atoms with E-state index in [0.29, 0.717) is 65.5 Å². The Morgan fingerprint density at radius 2 is 1.89 bits per heavy atom. The zero-order valence-electron chi connectivity index (χ0n) is 20.6. The van der Waals surface area contributed by atoms with E-state index in [2.05, 4.69) is 15.2 Å². The molecule has 1 aromatic heterocycles. The predicted octanol–water partition coefficient (Wildman–Crippen LogP) is 3.25. The number of nitrogens with one attached hydrogen (secondary N) is 2. The molecule has 1 aliphatic heterocycles. The highest BCUT2D eigenvalue weighted by molar-refractivity contribution is 6.42. The summed E-state index contributed by atoms with van der Waals surface area (Å²) in [5.74, 6) is -0.0476. The lowest BCUT2D eigenvalue weighted by atomic mass is 9.91. The number of hydrogen-bond acceptors (Lipinski definition) is 7. The fourth-order valence-corrected chi connectivity index (χ4v) is 5.10. The first-order valence-electron chi connectivity index (χ1n) is 12.4. The Hall–Kier alpha value is -2.17. The van der Waals surface area contributed by atoms with Crippen LogP contribution in [0, 0.1) is 0 Å². The number of H-pyrrole nitrogens is 1. The van der Waals surface area contributed by atoms with Crippen molar-refractivity contribution in [1.29, 1.82) is 0 Å². The van der Waals surface area contributed by atoms with Gasteiger partial charge >= 0.3 is 0 Å². The second kappa shape index (κ2) is 12.6. The van der Waals surface area contributed by atoms with Gasteiger partial charge in [-0.05, 0) is 48.6 Å². The second-order valence-corrected chi connectivity index (χ2v) is 10.4. The topological polar surface area (TPSA) is 118 Å². The summed E-state index contributed by atoms with van der Waals surface area (Å²) >= 11 is 12.3. The van der Waals surface area contributed by atoms with E-state index in [1.54, 1.807) is 18.2 Å². The number of piperidine rings is 1. The van der Waals surface area contributed by atoms with Crippen molar-refractivity contribution in [2.75, 3.05) is 45.9 Å². The number of phenols is 1. The minimum atomic E-state index is -0.864. The summed E-state index contributed by atoms with van der Waals surface area (Å²) in [6.45, 7) is 4.09. The highest BCUT2D eigenvalue weighted by Gasteiger charge is 2.32. The van der Waals surface area contributed by atoms with E-state index >= 15 is 0 Å². The van der Waals surface area contributed by atoms with Gasteiger partial charge in [-0.2, -0.15) is 0 Å². The quantitative estimate of drug-likeness (QED) is 0.233. The van der Waals surface area contributed by atoms with Crippen molar-refractivity contribution in [1.82, 2.24) is 15.2 Å². The zero-order valence-corrected chi connectivity index (χ0v) is 22.1. The molecule has 1 atom stereocenters. The molecule has 0 radical (unpaired) electrons. The number of aromatic hydroxyl groups is 1. The van der Waals surface area contributed by atoms with Crippen molar-refractivity contribution < 1.29 is 20.1 Å². The van der Waals surface area contributed by atoms with Gasteiger partial charge in [0.2, 0.25) is 5.56 Å². The van der Waals surface area contributed by atoms with E-state index in [4.69, 9.17) is 27.9 Å². The summed E-state index contributed by atoms with van der Waals surface area (Å²) in [6, 6.07) is 11.6. The van der Waals surface area contributed by atoms with Gasteiger partial charge in [0, 0.05) is 44.2 Å². The van der Waals surface area contributed by atoms with Crippen LogP contribution in [0.2, 0.25) is 10.0 Å². The Morgan fingerprint density at radius 1 is 1.11 bits per heavy atom. The van der Waals surface area contributed by atoms with Gasteiger partial charge in [0.15, 0.2) is 0 Å². The third-order valence-electron chi connectivity index (χ3n) is 6.94. The molecular weight excluding hydrogens is 517 g/mol. The maximum absolute atomic E-state index is 11.6. The number of aliphatic hydroxyl groups excluding tert-OH is 1. The molecule has 2 aromatic carbocycles. The molecule has 8 nitrogen and oxygen atoms in total. The fraction of sp³-hybridized carbons (Fsp3) is 0.444. The van der Waals surface area contributed by atoms with Crippen molar-refractivity contribution in [2.24, 2.45) is 0 Å².